The second-order valence-corrected chi connectivity index (χ2v) is 9.23. The molecule has 31 heavy (non-hydrogen) atoms. The average molecular weight is 451 g/mol. The Morgan fingerprint density at radius 1 is 1.13 bits per heavy atom. The molecule has 2 aromatic carbocycles. The Hall–Kier alpha value is -2.70. The third-order valence-corrected chi connectivity index (χ3v) is 6.33. The van der Waals surface area contributed by atoms with E-state index < -0.39 is 0 Å². The number of anilines is 1. The number of aryl methyl sites for hydroxylation is 3. The van der Waals surface area contributed by atoms with Crippen LogP contribution in [0.5, 0.6) is 0 Å². The van der Waals surface area contributed by atoms with Crippen molar-refractivity contribution in [2.45, 2.75) is 33.6 Å². The molecule has 1 aliphatic heterocycles. The van der Waals surface area contributed by atoms with E-state index in [-0.39, 0.29) is 11.8 Å². The fourth-order valence-electron chi connectivity index (χ4n) is 3.49. The zero-order chi connectivity index (χ0) is 22.4. The Kier molecular flexibility index (Phi) is 7.82. The molecule has 1 saturated heterocycles. The van der Waals surface area contributed by atoms with Crippen molar-refractivity contribution in [3.63, 3.8) is 0 Å². The molecule has 4 nitrogen and oxygen atoms in total. The number of nitrogens with zero attached hydrogens (tertiary/aromatic N) is 1. The third kappa shape index (κ3) is 6.15. The van der Waals surface area contributed by atoms with Gasteiger partial charge in [-0.1, -0.05) is 84.2 Å². The highest BCUT2D eigenvalue weighted by Gasteiger charge is 2.31. The van der Waals surface area contributed by atoms with Crippen LogP contribution < -0.4 is 5.32 Å². The van der Waals surface area contributed by atoms with Gasteiger partial charge in [0, 0.05) is 18.7 Å². The number of allylic oxidation sites excluding steroid dienone is 2. The summed E-state index contributed by atoms with van der Waals surface area (Å²) < 4.78 is 0.537. The van der Waals surface area contributed by atoms with E-state index in [1.54, 1.807) is 11.0 Å². The number of amides is 2. The summed E-state index contributed by atoms with van der Waals surface area (Å²) >= 11 is 6.67. The van der Waals surface area contributed by atoms with E-state index in [1.807, 2.05) is 63.3 Å². The Labute approximate surface area is 193 Å². The van der Waals surface area contributed by atoms with Crippen LogP contribution in [0.2, 0.25) is 0 Å². The first-order chi connectivity index (χ1) is 14.8. The topological polar surface area (TPSA) is 49.4 Å². The van der Waals surface area contributed by atoms with E-state index in [2.05, 4.69) is 17.4 Å². The number of carbonyl (C=O) groups is 2. The van der Waals surface area contributed by atoms with Crippen LogP contribution in [-0.2, 0) is 9.59 Å². The molecule has 2 aromatic rings. The van der Waals surface area contributed by atoms with Gasteiger partial charge in [0.05, 0.1) is 4.91 Å². The predicted octanol–water partition coefficient (Wildman–Crippen LogP) is 5.79. The molecule has 0 spiro atoms. The highest BCUT2D eigenvalue weighted by atomic mass is 32.2. The van der Waals surface area contributed by atoms with Crippen LogP contribution in [0, 0.1) is 20.8 Å². The third-order valence-electron chi connectivity index (χ3n) is 4.94. The summed E-state index contributed by atoms with van der Waals surface area (Å²) in [6.07, 6.45) is 6.49. The van der Waals surface area contributed by atoms with Crippen molar-refractivity contribution in [3.8, 4) is 0 Å². The van der Waals surface area contributed by atoms with Crippen LogP contribution in [-0.4, -0.2) is 27.6 Å². The molecule has 0 atom stereocenters. The van der Waals surface area contributed by atoms with Gasteiger partial charge in [0.25, 0.3) is 5.91 Å². The van der Waals surface area contributed by atoms with Gasteiger partial charge in [-0.25, -0.2) is 0 Å². The number of nitrogens with one attached hydrogen (secondary N) is 1. The summed E-state index contributed by atoms with van der Waals surface area (Å²) in [6, 6.07) is 14.0. The quantitative estimate of drug-likeness (QED) is 0.429. The van der Waals surface area contributed by atoms with E-state index >= 15 is 0 Å². The first-order valence-corrected chi connectivity index (χ1v) is 11.4. The molecule has 1 fully saturated rings. The standard InChI is InChI=1S/C25H26N2O2S2/c1-17-15-18(2)23(19(3)16-17)26-22(28)13-8-14-27-24(29)21(31-25(27)30)12-7-11-20-9-5-4-6-10-20/h4-7,9-12,15-16H,8,13-14H2,1-3H3,(H,26,28). The maximum atomic E-state index is 12.7. The zero-order valence-corrected chi connectivity index (χ0v) is 19.6. The fourth-order valence-corrected chi connectivity index (χ4v) is 4.75. The molecule has 0 bridgehead atoms. The van der Waals surface area contributed by atoms with Crippen molar-refractivity contribution in [3.05, 3.63) is 81.8 Å². The zero-order valence-electron chi connectivity index (χ0n) is 18.0. The number of benzene rings is 2. The Morgan fingerprint density at radius 3 is 2.48 bits per heavy atom. The number of thiocarbonyl (C=S) groups is 1. The summed E-state index contributed by atoms with van der Waals surface area (Å²) in [4.78, 5) is 27.3. The SMILES string of the molecule is Cc1cc(C)c(NC(=O)CCCN2C(=O)C(=CC=Cc3ccccc3)SC2=S)c(C)c1. The molecule has 2 amide bonds. The molecule has 1 N–H and O–H groups in total. The van der Waals surface area contributed by atoms with Gasteiger partial charge < -0.3 is 5.32 Å². The lowest BCUT2D eigenvalue weighted by atomic mass is 10.0. The van der Waals surface area contributed by atoms with E-state index in [0.717, 1.165) is 22.4 Å². The smallest absolute Gasteiger partial charge is 0.266 e. The lowest BCUT2D eigenvalue weighted by molar-refractivity contribution is -0.122. The second kappa shape index (κ2) is 10.6. The molecule has 0 aromatic heterocycles. The summed E-state index contributed by atoms with van der Waals surface area (Å²) in [5.74, 6) is -0.153. The summed E-state index contributed by atoms with van der Waals surface area (Å²) in [5.41, 5.74) is 5.22. The maximum absolute atomic E-state index is 12.7. The molecule has 3 rings (SSSR count). The van der Waals surface area contributed by atoms with Gasteiger partial charge in [0.15, 0.2) is 0 Å². The van der Waals surface area contributed by atoms with Gasteiger partial charge in [-0.3, -0.25) is 14.5 Å². The van der Waals surface area contributed by atoms with Crippen LogP contribution in [0.25, 0.3) is 6.08 Å². The minimum atomic E-state index is -0.0988. The van der Waals surface area contributed by atoms with Crippen LogP contribution in [0.15, 0.2) is 59.5 Å². The van der Waals surface area contributed by atoms with Crippen LogP contribution >= 0.6 is 24.0 Å². The summed E-state index contributed by atoms with van der Waals surface area (Å²) in [5, 5.41) is 3.00. The highest BCUT2D eigenvalue weighted by Crippen LogP contribution is 2.31. The Bertz CT molecular complexity index is 1040. The molecule has 0 radical (unpaired) electrons. The molecule has 0 unspecified atom stereocenters. The molecule has 160 valence electrons. The number of carbonyl (C=O) groups excluding carboxylic acids is 2. The molecule has 0 aliphatic carbocycles. The molecule has 1 aliphatic rings. The Morgan fingerprint density at radius 2 is 1.81 bits per heavy atom. The van der Waals surface area contributed by atoms with E-state index in [0.29, 0.717) is 28.6 Å². The van der Waals surface area contributed by atoms with E-state index in [4.69, 9.17) is 12.2 Å². The van der Waals surface area contributed by atoms with Crippen molar-refractivity contribution >= 4 is 51.9 Å². The number of rotatable bonds is 7. The average Bonchev–Trinajstić information content (AvgIpc) is 2.99. The Balaban J connectivity index is 1.52. The molecule has 6 heteroatoms. The normalized spacial score (nSPS) is 15.3. The minimum Gasteiger partial charge on any atom is -0.326 e. The first kappa shape index (κ1) is 23.0. The van der Waals surface area contributed by atoms with Gasteiger partial charge in [-0.15, -0.1) is 0 Å². The molecular weight excluding hydrogens is 424 g/mol. The molecular formula is C25H26N2O2S2. The number of hydrogen-bond donors (Lipinski definition) is 1. The first-order valence-electron chi connectivity index (χ1n) is 10.2. The molecule has 1 heterocycles. The van der Waals surface area contributed by atoms with Gasteiger partial charge in [0.1, 0.15) is 4.32 Å². The minimum absolute atomic E-state index is 0.0539. The summed E-state index contributed by atoms with van der Waals surface area (Å²) in [7, 11) is 0. The predicted molar refractivity (Wildman–Crippen MR) is 134 cm³/mol. The van der Waals surface area contributed by atoms with Crippen LogP contribution in [0.3, 0.4) is 0 Å². The summed E-state index contributed by atoms with van der Waals surface area (Å²) in [6.45, 7) is 6.46. The van der Waals surface area contributed by atoms with Crippen LogP contribution in [0.4, 0.5) is 5.69 Å². The van der Waals surface area contributed by atoms with Crippen molar-refractivity contribution in [2.24, 2.45) is 0 Å². The van der Waals surface area contributed by atoms with Gasteiger partial charge in [0.2, 0.25) is 5.91 Å². The monoisotopic (exact) mass is 450 g/mol. The van der Waals surface area contributed by atoms with Gasteiger partial charge in [-0.2, -0.15) is 0 Å². The van der Waals surface area contributed by atoms with Crippen molar-refractivity contribution in [1.82, 2.24) is 4.90 Å². The molecule has 0 saturated carbocycles. The van der Waals surface area contributed by atoms with E-state index in [9.17, 15) is 9.59 Å². The number of hydrogen-bond acceptors (Lipinski definition) is 4. The second-order valence-electron chi connectivity index (χ2n) is 7.55. The van der Waals surface area contributed by atoms with Crippen molar-refractivity contribution in [1.29, 1.82) is 0 Å². The largest absolute Gasteiger partial charge is 0.326 e. The van der Waals surface area contributed by atoms with Crippen molar-refractivity contribution in [2.75, 3.05) is 11.9 Å². The van der Waals surface area contributed by atoms with Crippen molar-refractivity contribution < 1.29 is 9.59 Å². The van der Waals surface area contributed by atoms with E-state index in [1.165, 1.54) is 17.3 Å². The lowest BCUT2D eigenvalue weighted by Crippen LogP contribution is -2.29. The van der Waals surface area contributed by atoms with Crippen LogP contribution in [0.1, 0.15) is 35.1 Å². The van der Waals surface area contributed by atoms with Gasteiger partial charge in [-0.05, 0) is 50.0 Å². The maximum Gasteiger partial charge on any atom is 0.266 e. The number of thioether (sulfide) groups is 1. The lowest BCUT2D eigenvalue weighted by Gasteiger charge is -2.15. The fraction of sp³-hybridized carbons (Fsp3) is 0.240. The highest BCUT2D eigenvalue weighted by molar-refractivity contribution is 8.26. The van der Waals surface area contributed by atoms with Gasteiger partial charge >= 0.3 is 0 Å².